The fourth-order valence-corrected chi connectivity index (χ4v) is 3.33. The normalized spacial score (nSPS) is 36.7. The standard InChI is InChI=1S/C15H30N2O/c1-6-18-13-7-12(8-13)17-10-15(4,5)16-9-14(17)11(2)3/h11-14,16H,6-10H2,1-5H3. The molecule has 3 nitrogen and oxygen atoms in total. The third-order valence-corrected chi connectivity index (χ3v) is 4.50. The minimum Gasteiger partial charge on any atom is -0.378 e. The van der Waals surface area contributed by atoms with Crippen LogP contribution in [0.2, 0.25) is 0 Å². The molecule has 0 bridgehead atoms. The van der Waals surface area contributed by atoms with E-state index in [0.29, 0.717) is 12.1 Å². The van der Waals surface area contributed by atoms with Crippen LogP contribution in [0.15, 0.2) is 0 Å². The van der Waals surface area contributed by atoms with Gasteiger partial charge in [-0.3, -0.25) is 4.90 Å². The van der Waals surface area contributed by atoms with E-state index >= 15 is 0 Å². The Kier molecular flexibility index (Phi) is 4.35. The third-order valence-electron chi connectivity index (χ3n) is 4.50. The van der Waals surface area contributed by atoms with E-state index in [2.05, 4.69) is 44.8 Å². The van der Waals surface area contributed by atoms with Crippen LogP contribution in [0.3, 0.4) is 0 Å². The lowest BCUT2D eigenvalue weighted by Gasteiger charge is -2.53. The van der Waals surface area contributed by atoms with Gasteiger partial charge in [-0.25, -0.2) is 0 Å². The van der Waals surface area contributed by atoms with Crippen molar-refractivity contribution < 1.29 is 4.74 Å². The Morgan fingerprint density at radius 2 is 2.00 bits per heavy atom. The number of piperazine rings is 1. The van der Waals surface area contributed by atoms with Gasteiger partial charge in [0.2, 0.25) is 0 Å². The topological polar surface area (TPSA) is 24.5 Å². The highest BCUT2D eigenvalue weighted by Crippen LogP contribution is 2.33. The molecule has 1 atom stereocenters. The van der Waals surface area contributed by atoms with E-state index in [0.717, 1.165) is 25.1 Å². The zero-order chi connectivity index (χ0) is 13.3. The second kappa shape index (κ2) is 5.48. The van der Waals surface area contributed by atoms with Crippen LogP contribution in [0.25, 0.3) is 0 Å². The molecule has 2 rings (SSSR count). The van der Waals surface area contributed by atoms with Gasteiger partial charge in [0, 0.05) is 37.3 Å². The van der Waals surface area contributed by atoms with Crippen molar-refractivity contribution in [3.05, 3.63) is 0 Å². The summed E-state index contributed by atoms with van der Waals surface area (Å²) >= 11 is 0. The average molecular weight is 254 g/mol. The Morgan fingerprint density at radius 3 is 2.56 bits per heavy atom. The number of nitrogens with zero attached hydrogens (tertiary/aromatic N) is 1. The summed E-state index contributed by atoms with van der Waals surface area (Å²) in [5.41, 5.74) is 0.252. The minimum atomic E-state index is 0.252. The lowest BCUT2D eigenvalue weighted by Crippen LogP contribution is -2.67. The molecule has 1 aliphatic carbocycles. The summed E-state index contributed by atoms with van der Waals surface area (Å²) in [5.74, 6) is 0.722. The van der Waals surface area contributed by atoms with Gasteiger partial charge in [-0.05, 0) is 39.5 Å². The summed E-state index contributed by atoms with van der Waals surface area (Å²) in [6, 6.07) is 1.43. The molecule has 1 heterocycles. The summed E-state index contributed by atoms with van der Waals surface area (Å²) in [6.07, 6.45) is 2.98. The van der Waals surface area contributed by atoms with Gasteiger partial charge in [-0.2, -0.15) is 0 Å². The van der Waals surface area contributed by atoms with E-state index in [1.165, 1.54) is 19.4 Å². The van der Waals surface area contributed by atoms with Crippen molar-refractivity contribution in [3.8, 4) is 0 Å². The molecule has 1 saturated heterocycles. The monoisotopic (exact) mass is 254 g/mol. The lowest BCUT2D eigenvalue weighted by molar-refractivity contribution is -0.0789. The van der Waals surface area contributed by atoms with Gasteiger partial charge in [0.05, 0.1) is 6.10 Å². The highest BCUT2D eigenvalue weighted by molar-refractivity contribution is 4.99. The highest BCUT2D eigenvalue weighted by atomic mass is 16.5. The van der Waals surface area contributed by atoms with Crippen molar-refractivity contribution in [2.75, 3.05) is 19.7 Å². The Labute approximate surface area is 112 Å². The highest BCUT2D eigenvalue weighted by Gasteiger charge is 2.42. The van der Waals surface area contributed by atoms with Gasteiger partial charge in [0.15, 0.2) is 0 Å². The summed E-state index contributed by atoms with van der Waals surface area (Å²) in [6.45, 7) is 14.6. The smallest absolute Gasteiger partial charge is 0.0604 e. The second-order valence-electron chi connectivity index (χ2n) is 6.95. The number of rotatable bonds is 4. The van der Waals surface area contributed by atoms with Crippen molar-refractivity contribution in [1.29, 1.82) is 0 Å². The first-order chi connectivity index (χ1) is 8.43. The first kappa shape index (κ1) is 14.3. The third kappa shape index (κ3) is 3.06. The lowest BCUT2D eigenvalue weighted by atomic mass is 9.82. The largest absolute Gasteiger partial charge is 0.378 e. The average Bonchev–Trinajstić information content (AvgIpc) is 2.20. The van der Waals surface area contributed by atoms with Crippen molar-refractivity contribution in [3.63, 3.8) is 0 Å². The van der Waals surface area contributed by atoms with Gasteiger partial charge in [-0.15, -0.1) is 0 Å². The molecule has 1 N–H and O–H groups in total. The van der Waals surface area contributed by atoms with Crippen molar-refractivity contribution in [2.24, 2.45) is 5.92 Å². The summed E-state index contributed by atoms with van der Waals surface area (Å²) in [7, 11) is 0. The summed E-state index contributed by atoms with van der Waals surface area (Å²) in [4.78, 5) is 2.75. The summed E-state index contributed by atoms with van der Waals surface area (Å²) in [5, 5.41) is 3.69. The number of hydrogen-bond donors (Lipinski definition) is 1. The molecule has 2 fully saturated rings. The second-order valence-corrected chi connectivity index (χ2v) is 6.95. The molecule has 0 aromatic heterocycles. The van der Waals surface area contributed by atoms with Crippen LogP contribution in [0.5, 0.6) is 0 Å². The summed E-state index contributed by atoms with van der Waals surface area (Å²) < 4.78 is 5.70. The predicted octanol–water partition coefficient (Wildman–Crippen LogP) is 2.26. The van der Waals surface area contributed by atoms with E-state index < -0.39 is 0 Å². The molecule has 0 aromatic rings. The molecule has 0 aromatic carbocycles. The van der Waals surface area contributed by atoms with E-state index in [1.807, 2.05) is 0 Å². The molecule has 0 amide bonds. The quantitative estimate of drug-likeness (QED) is 0.833. The van der Waals surface area contributed by atoms with Crippen LogP contribution in [0.4, 0.5) is 0 Å². The zero-order valence-electron chi connectivity index (χ0n) is 12.7. The maximum absolute atomic E-state index is 5.70. The molecular weight excluding hydrogens is 224 g/mol. The molecular formula is C15H30N2O. The van der Waals surface area contributed by atoms with Crippen LogP contribution in [0, 0.1) is 5.92 Å². The van der Waals surface area contributed by atoms with Crippen LogP contribution >= 0.6 is 0 Å². The van der Waals surface area contributed by atoms with Crippen molar-refractivity contribution in [1.82, 2.24) is 10.2 Å². The van der Waals surface area contributed by atoms with E-state index in [4.69, 9.17) is 4.74 Å². The van der Waals surface area contributed by atoms with Crippen LogP contribution in [0.1, 0.15) is 47.5 Å². The molecule has 0 radical (unpaired) electrons. The van der Waals surface area contributed by atoms with E-state index in [1.54, 1.807) is 0 Å². The number of nitrogens with one attached hydrogen (secondary N) is 1. The maximum Gasteiger partial charge on any atom is 0.0604 e. The van der Waals surface area contributed by atoms with Crippen LogP contribution in [-0.2, 0) is 4.74 Å². The zero-order valence-corrected chi connectivity index (χ0v) is 12.7. The van der Waals surface area contributed by atoms with Crippen molar-refractivity contribution >= 4 is 0 Å². The number of ether oxygens (including phenoxy) is 1. The first-order valence-electron chi connectivity index (χ1n) is 7.55. The van der Waals surface area contributed by atoms with E-state index in [9.17, 15) is 0 Å². The van der Waals surface area contributed by atoms with Gasteiger partial charge in [-0.1, -0.05) is 13.8 Å². The molecule has 3 heteroatoms. The molecule has 1 saturated carbocycles. The fourth-order valence-electron chi connectivity index (χ4n) is 3.33. The Hall–Kier alpha value is -0.120. The Morgan fingerprint density at radius 1 is 1.33 bits per heavy atom. The minimum absolute atomic E-state index is 0.252. The van der Waals surface area contributed by atoms with Crippen molar-refractivity contribution in [2.45, 2.75) is 71.2 Å². The molecule has 1 unspecified atom stereocenters. The molecule has 2 aliphatic rings. The molecule has 0 spiro atoms. The van der Waals surface area contributed by atoms with Gasteiger partial charge in [0.25, 0.3) is 0 Å². The Bertz CT molecular complexity index is 272. The Balaban J connectivity index is 1.94. The first-order valence-corrected chi connectivity index (χ1v) is 7.55. The molecule has 18 heavy (non-hydrogen) atoms. The maximum atomic E-state index is 5.70. The van der Waals surface area contributed by atoms with Gasteiger partial charge in [0.1, 0.15) is 0 Å². The number of hydrogen-bond acceptors (Lipinski definition) is 3. The van der Waals surface area contributed by atoms with Gasteiger partial charge < -0.3 is 10.1 Å². The molecule has 106 valence electrons. The molecule has 1 aliphatic heterocycles. The SMILES string of the molecule is CCOC1CC(N2CC(C)(C)NCC2C(C)C)C1. The van der Waals surface area contributed by atoms with Crippen LogP contribution in [-0.4, -0.2) is 48.3 Å². The van der Waals surface area contributed by atoms with Crippen LogP contribution < -0.4 is 5.32 Å². The van der Waals surface area contributed by atoms with Gasteiger partial charge >= 0.3 is 0 Å². The predicted molar refractivity (Wildman–Crippen MR) is 75.8 cm³/mol. The fraction of sp³-hybridized carbons (Fsp3) is 1.00. The van der Waals surface area contributed by atoms with E-state index in [-0.39, 0.29) is 5.54 Å².